The van der Waals surface area contributed by atoms with E-state index in [0.717, 1.165) is 31.4 Å². The Bertz CT molecular complexity index is 810. The summed E-state index contributed by atoms with van der Waals surface area (Å²) in [5.74, 6) is 0.129. The fraction of sp³-hybridized carbons (Fsp3) is 0.583. The second-order valence-corrected chi connectivity index (χ2v) is 8.54. The monoisotopic (exact) mass is 396 g/mol. The van der Waals surface area contributed by atoms with Gasteiger partial charge in [-0.2, -0.15) is 0 Å². The number of benzene rings is 1. The van der Waals surface area contributed by atoms with E-state index < -0.39 is 5.60 Å². The highest BCUT2D eigenvalue weighted by Crippen LogP contribution is 2.49. The number of hydrogen-bond acceptors (Lipinski definition) is 4. The average Bonchev–Trinajstić information content (AvgIpc) is 3.22. The molecule has 1 aromatic carbocycles. The molecule has 2 unspecified atom stereocenters. The van der Waals surface area contributed by atoms with Crippen LogP contribution in [0.5, 0.6) is 0 Å². The summed E-state index contributed by atoms with van der Waals surface area (Å²) < 4.78 is 12.4. The van der Waals surface area contributed by atoms with Gasteiger partial charge in [0.05, 0.1) is 18.8 Å². The van der Waals surface area contributed by atoms with Crippen LogP contribution >= 0.6 is 0 Å². The molecule has 3 aliphatic rings. The molecule has 1 amide bonds. The molecule has 0 aromatic heterocycles. The maximum atomic E-state index is 13.2. The third kappa shape index (κ3) is 3.90. The first-order chi connectivity index (χ1) is 14.1. The molecule has 2 saturated heterocycles. The van der Waals surface area contributed by atoms with E-state index in [9.17, 15) is 4.79 Å². The standard InChI is InChI=1S/C24H32N2O3/c1-4-7-18-8-6-9-19(13-18)16-28-20-14-24(15-20)23(27)26-21(10-11-22(26)29-24)17(3)25-12-5-2/h5-6,8-9,12-13,20-22H,4,7,10-11,14-16H2,1-3H3/b12-5-,25-17?. The lowest BCUT2D eigenvalue weighted by atomic mass is 9.76. The Morgan fingerprint density at radius 2 is 2.14 bits per heavy atom. The van der Waals surface area contributed by atoms with E-state index in [1.165, 1.54) is 11.1 Å². The summed E-state index contributed by atoms with van der Waals surface area (Å²) in [5, 5.41) is 0. The lowest BCUT2D eigenvalue weighted by molar-refractivity contribution is -0.177. The predicted molar refractivity (Wildman–Crippen MR) is 114 cm³/mol. The first-order valence-corrected chi connectivity index (χ1v) is 10.9. The van der Waals surface area contributed by atoms with E-state index >= 15 is 0 Å². The fourth-order valence-corrected chi connectivity index (χ4v) is 4.84. The molecule has 4 rings (SSSR count). The quantitative estimate of drug-likeness (QED) is 0.642. The smallest absolute Gasteiger partial charge is 0.257 e. The molecular formula is C24H32N2O3. The number of nitrogens with zero attached hydrogens (tertiary/aromatic N) is 2. The molecule has 5 nitrogen and oxygen atoms in total. The Hall–Kier alpha value is -1.98. The van der Waals surface area contributed by atoms with E-state index in [1.54, 1.807) is 6.20 Å². The van der Waals surface area contributed by atoms with E-state index in [2.05, 4.69) is 36.2 Å². The Morgan fingerprint density at radius 1 is 1.34 bits per heavy atom. The van der Waals surface area contributed by atoms with Crippen LogP contribution in [0.1, 0.15) is 64.0 Å². The third-order valence-electron chi connectivity index (χ3n) is 6.36. The maximum Gasteiger partial charge on any atom is 0.257 e. The summed E-state index contributed by atoms with van der Waals surface area (Å²) in [6.07, 6.45) is 9.05. The summed E-state index contributed by atoms with van der Waals surface area (Å²) in [6, 6.07) is 8.66. The molecule has 1 aromatic rings. The molecule has 29 heavy (non-hydrogen) atoms. The van der Waals surface area contributed by atoms with Gasteiger partial charge in [0.25, 0.3) is 5.91 Å². The van der Waals surface area contributed by atoms with E-state index in [-0.39, 0.29) is 24.3 Å². The number of aryl methyl sites for hydroxylation is 1. The number of rotatable bonds is 7. The number of fused-ring (bicyclic) bond motifs is 1. The lowest BCUT2D eigenvalue weighted by Crippen LogP contribution is -2.56. The molecule has 1 spiro atoms. The molecule has 0 radical (unpaired) electrons. The summed E-state index contributed by atoms with van der Waals surface area (Å²) in [7, 11) is 0. The molecule has 2 aliphatic heterocycles. The van der Waals surface area contributed by atoms with E-state index in [0.29, 0.717) is 19.4 Å². The number of ether oxygens (including phenoxy) is 2. The van der Waals surface area contributed by atoms with Crippen molar-refractivity contribution < 1.29 is 14.3 Å². The SMILES string of the molecule is C/C=C\N=C(C)C1CCC2OC3(CC(OCc4cccc(CCC)c4)C3)C(=O)N21. The number of amides is 1. The van der Waals surface area contributed by atoms with Gasteiger partial charge >= 0.3 is 0 Å². The van der Waals surface area contributed by atoms with Crippen molar-refractivity contribution in [2.75, 3.05) is 0 Å². The Morgan fingerprint density at radius 3 is 2.90 bits per heavy atom. The summed E-state index contributed by atoms with van der Waals surface area (Å²) in [5.41, 5.74) is 2.87. The first kappa shape index (κ1) is 20.3. The van der Waals surface area contributed by atoms with Gasteiger partial charge in [-0.15, -0.1) is 0 Å². The van der Waals surface area contributed by atoms with Crippen LogP contribution in [0.2, 0.25) is 0 Å². The largest absolute Gasteiger partial charge is 0.373 e. The van der Waals surface area contributed by atoms with Gasteiger partial charge < -0.3 is 14.4 Å². The average molecular weight is 397 g/mol. The van der Waals surface area contributed by atoms with Crippen molar-refractivity contribution in [1.29, 1.82) is 0 Å². The molecule has 1 aliphatic carbocycles. The van der Waals surface area contributed by atoms with E-state index in [4.69, 9.17) is 9.47 Å². The van der Waals surface area contributed by atoms with Gasteiger partial charge in [-0.25, -0.2) is 0 Å². The second kappa shape index (κ2) is 8.41. The summed E-state index contributed by atoms with van der Waals surface area (Å²) in [6.45, 7) is 6.74. The summed E-state index contributed by atoms with van der Waals surface area (Å²) >= 11 is 0. The molecule has 156 valence electrons. The number of hydrogen-bond donors (Lipinski definition) is 0. The first-order valence-electron chi connectivity index (χ1n) is 10.9. The molecular weight excluding hydrogens is 364 g/mol. The molecule has 0 N–H and O–H groups in total. The number of aliphatic imine (C=N–C) groups is 1. The van der Waals surface area contributed by atoms with Gasteiger partial charge in [0, 0.05) is 24.8 Å². The van der Waals surface area contributed by atoms with Crippen LogP contribution in [-0.4, -0.2) is 40.5 Å². The summed E-state index contributed by atoms with van der Waals surface area (Å²) in [4.78, 5) is 19.6. The minimum atomic E-state index is -0.668. The molecule has 3 fully saturated rings. The van der Waals surface area contributed by atoms with Crippen molar-refractivity contribution in [2.24, 2.45) is 4.99 Å². The van der Waals surface area contributed by atoms with Crippen LogP contribution in [0.4, 0.5) is 0 Å². The van der Waals surface area contributed by atoms with Gasteiger partial charge in [0.2, 0.25) is 0 Å². The highest BCUT2D eigenvalue weighted by Gasteiger charge is 2.63. The predicted octanol–water partition coefficient (Wildman–Crippen LogP) is 4.40. The van der Waals surface area contributed by atoms with Crippen molar-refractivity contribution in [3.63, 3.8) is 0 Å². The van der Waals surface area contributed by atoms with Crippen molar-refractivity contribution in [3.8, 4) is 0 Å². The highest BCUT2D eigenvalue weighted by atomic mass is 16.6. The minimum Gasteiger partial charge on any atom is -0.373 e. The molecule has 2 atom stereocenters. The molecule has 2 heterocycles. The van der Waals surface area contributed by atoms with Crippen LogP contribution in [0, 0.1) is 0 Å². The van der Waals surface area contributed by atoms with Crippen LogP contribution in [-0.2, 0) is 27.3 Å². The zero-order chi connectivity index (χ0) is 20.4. The zero-order valence-corrected chi connectivity index (χ0v) is 17.8. The van der Waals surface area contributed by atoms with Crippen LogP contribution in [0.15, 0.2) is 41.5 Å². The van der Waals surface area contributed by atoms with Crippen molar-refractivity contribution in [2.45, 2.75) is 89.9 Å². The van der Waals surface area contributed by atoms with Gasteiger partial charge in [0.15, 0.2) is 5.60 Å². The van der Waals surface area contributed by atoms with Crippen LogP contribution in [0.25, 0.3) is 0 Å². The Kier molecular flexibility index (Phi) is 5.88. The highest BCUT2D eigenvalue weighted by molar-refractivity contribution is 5.96. The minimum absolute atomic E-state index is 0.0596. The van der Waals surface area contributed by atoms with Gasteiger partial charge in [0.1, 0.15) is 6.23 Å². The molecule has 5 heteroatoms. The molecule has 0 bridgehead atoms. The zero-order valence-electron chi connectivity index (χ0n) is 17.8. The van der Waals surface area contributed by atoms with Crippen LogP contribution < -0.4 is 0 Å². The maximum absolute atomic E-state index is 13.2. The fourth-order valence-electron chi connectivity index (χ4n) is 4.84. The number of carbonyl (C=O) groups excluding carboxylic acids is 1. The van der Waals surface area contributed by atoms with Gasteiger partial charge in [-0.1, -0.05) is 43.7 Å². The second-order valence-electron chi connectivity index (χ2n) is 8.54. The number of carbonyl (C=O) groups is 1. The van der Waals surface area contributed by atoms with Crippen molar-refractivity contribution in [3.05, 3.63) is 47.7 Å². The van der Waals surface area contributed by atoms with Crippen LogP contribution in [0.3, 0.4) is 0 Å². The number of allylic oxidation sites excluding steroid dienone is 1. The lowest BCUT2D eigenvalue weighted by Gasteiger charge is -2.42. The van der Waals surface area contributed by atoms with Gasteiger partial charge in [-0.05, 0) is 44.2 Å². The normalized spacial score (nSPS) is 31.7. The molecule has 1 saturated carbocycles. The Labute approximate surface area is 173 Å². The van der Waals surface area contributed by atoms with Crippen molar-refractivity contribution in [1.82, 2.24) is 4.90 Å². The van der Waals surface area contributed by atoms with Gasteiger partial charge in [-0.3, -0.25) is 9.79 Å². The third-order valence-corrected chi connectivity index (χ3v) is 6.36. The van der Waals surface area contributed by atoms with E-state index in [1.807, 2.05) is 24.8 Å². The Balaban J connectivity index is 1.33. The topological polar surface area (TPSA) is 51.1 Å². The van der Waals surface area contributed by atoms with Crippen molar-refractivity contribution >= 4 is 11.6 Å².